The molecule has 0 fully saturated rings. The Morgan fingerprint density at radius 1 is 1.00 bits per heavy atom. The van der Waals surface area contributed by atoms with Gasteiger partial charge >= 0.3 is 11.9 Å². The van der Waals surface area contributed by atoms with E-state index in [0.29, 0.717) is 24.3 Å². The SMILES string of the molecule is COC(=O)[C@H](Cc1ccc(O)cc1)NC(=O)[C@H](CC(=O)O)NCC[C@H](C)c1ccc(O)c(OC)c1. The van der Waals surface area contributed by atoms with E-state index in [9.17, 15) is 29.7 Å². The Bertz CT molecular complexity index is 1010. The number of esters is 1. The molecule has 0 radical (unpaired) electrons. The summed E-state index contributed by atoms with van der Waals surface area (Å²) in [5, 5.41) is 34.0. The van der Waals surface area contributed by atoms with Gasteiger partial charge in [0.1, 0.15) is 11.8 Å². The van der Waals surface area contributed by atoms with E-state index in [1.54, 1.807) is 30.3 Å². The first-order chi connectivity index (χ1) is 16.6. The largest absolute Gasteiger partial charge is 0.508 e. The molecule has 0 aromatic heterocycles. The fourth-order valence-electron chi connectivity index (χ4n) is 3.55. The first-order valence-electron chi connectivity index (χ1n) is 11.1. The minimum atomic E-state index is -1.16. The van der Waals surface area contributed by atoms with Crippen LogP contribution in [0.2, 0.25) is 0 Å². The summed E-state index contributed by atoms with van der Waals surface area (Å²) in [6, 6.07) is 9.10. The lowest BCUT2D eigenvalue weighted by Gasteiger charge is -2.22. The van der Waals surface area contributed by atoms with Gasteiger partial charge in [-0.25, -0.2) is 4.79 Å². The summed E-state index contributed by atoms with van der Waals surface area (Å²) in [5.41, 5.74) is 1.60. The highest BCUT2D eigenvalue weighted by Gasteiger charge is 2.28. The molecule has 0 bridgehead atoms. The fraction of sp³-hybridized carbons (Fsp3) is 0.400. The quantitative estimate of drug-likeness (QED) is 0.266. The third-order valence-electron chi connectivity index (χ3n) is 5.61. The number of carbonyl (C=O) groups is 3. The second kappa shape index (κ2) is 13.2. The number of methoxy groups -OCH3 is 2. The van der Waals surface area contributed by atoms with Crippen LogP contribution in [0.15, 0.2) is 42.5 Å². The van der Waals surface area contributed by atoms with Crippen molar-refractivity contribution in [3.8, 4) is 17.2 Å². The van der Waals surface area contributed by atoms with E-state index in [-0.39, 0.29) is 23.8 Å². The second-order valence-electron chi connectivity index (χ2n) is 8.18. The molecular formula is C25H32N2O8. The number of aliphatic carboxylic acids is 1. The number of benzene rings is 2. The van der Waals surface area contributed by atoms with Crippen LogP contribution in [0.25, 0.3) is 0 Å². The number of nitrogens with one attached hydrogen (secondary N) is 2. The van der Waals surface area contributed by atoms with Crippen molar-refractivity contribution in [2.75, 3.05) is 20.8 Å². The molecule has 0 aliphatic heterocycles. The van der Waals surface area contributed by atoms with Crippen molar-refractivity contribution < 1.29 is 39.2 Å². The van der Waals surface area contributed by atoms with Gasteiger partial charge in [0.25, 0.3) is 0 Å². The van der Waals surface area contributed by atoms with Gasteiger partial charge in [0, 0.05) is 6.42 Å². The summed E-state index contributed by atoms with van der Waals surface area (Å²) in [5.74, 6) is -1.99. The number of phenolic OH excluding ortho intramolecular Hbond substituents is 2. The normalized spacial score (nSPS) is 13.3. The number of hydrogen-bond acceptors (Lipinski definition) is 8. The van der Waals surface area contributed by atoms with Crippen LogP contribution in [0, 0.1) is 0 Å². The van der Waals surface area contributed by atoms with Gasteiger partial charge in [-0.2, -0.15) is 0 Å². The Hall–Kier alpha value is -3.79. The number of rotatable bonds is 13. The molecule has 10 nitrogen and oxygen atoms in total. The molecule has 190 valence electrons. The van der Waals surface area contributed by atoms with Crippen LogP contribution in [-0.2, 0) is 25.5 Å². The van der Waals surface area contributed by atoms with Gasteiger partial charge in [0.05, 0.1) is 26.7 Å². The summed E-state index contributed by atoms with van der Waals surface area (Å²) in [6.45, 7) is 2.29. The first-order valence-corrected chi connectivity index (χ1v) is 11.1. The zero-order chi connectivity index (χ0) is 26.0. The average Bonchev–Trinajstić information content (AvgIpc) is 2.83. The highest BCUT2D eigenvalue weighted by Crippen LogP contribution is 2.30. The van der Waals surface area contributed by atoms with Crippen LogP contribution in [-0.4, -0.2) is 66.0 Å². The molecule has 1 amide bonds. The Morgan fingerprint density at radius 2 is 1.69 bits per heavy atom. The Balaban J connectivity index is 2.03. The van der Waals surface area contributed by atoms with Crippen molar-refractivity contribution in [1.29, 1.82) is 0 Å². The highest BCUT2D eigenvalue weighted by atomic mass is 16.5. The van der Waals surface area contributed by atoms with Crippen molar-refractivity contribution >= 4 is 17.8 Å². The lowest BCUT2D eigenvalue weighted by atomic mass is 9.97. The minimum absolute atomic E-state index is 0.0304. The van der Waals surface area contributed by atoms with E-state index >= 15 is 0 Å². The maximum atomic E-state index is 12.9. The van der Waals surface area contributed by atoms with E-state index in [0.717, 1.165) is 5.56 Å². The Morgan fingerprint density at radius 3 is 2.29 bits per heavy atom. The van der Waals surface area contributed by atoms with Gasteiger partial charge in [-0.3, -0.25) is 9.59 Å². The van der Waals surface area contributed by atoms with Crippen molar-refractivity contribution in [2.45, 2.75) is 44.2 Å². The molecule has 2 aromatic carbocycles. The molecule has 0 aliphatic rings. The molecule has 2 aromatic rings. The standard InChI is InChI=1S/C25H32N2O8/c1-15(17-6-9-21(29)22(13-17)34-2)10-11-26-19(14-23(30)31)24(32)27-20(25(33)35-3)12-16-4-7-18(28)8-5-16/h4-9,13,15,19-20,26,28-29H,10-12,14H2,1-3H3,(H,27,32)(H,30,31)/t15-,19-,20-/m0/s1. The summed E-state index contributed by atoms with van der Waals surface area (Å²) < 4.78 is 9.92. The van der Waals surface area contributed by atoms with E-state index < -0.39 is 36.4 Å². The van der Waals surface area contributed by atoms with Gasteiger partial charge in [-0.15, -0.1) is 0 Å². The number of phenols is 2. The molecule has 0 spiro atoms. The van der Waals surface area contributed by atoms with Crippen molar-refractivity contribution in [3.63, 3.8) is 0 Å². The molecule has 3 atom stereocenters. The molecular weight excluding hydrogens is 456 g/mol. The number of aromatic hydroxyl groups is 2. The first kappa shape index (κ1) is 27.5. The zero-order valence-electron chi connectivity index (χ0n) is 20.0. The molecule has 0 aliphatic carbocycles. The number of amides is 1. The number of ether oxygens (including phenoxy) is 2. The third-order valence-corrected chi connectivity index (χ3v) is 5.61. The number of carboxylic acid groups (broad SMARTS) is 1. The van der Waals surface area contributed by atoms with Crippen molar-refractivity contribution in [3.05, 3.63) is 53.6 Å². The Labute approximate surface area is 203 Å². The lowest BCUT2D eigenvalue weighted by Crippen LogP contribution is -2.52. The number of carbonyl (C=O) groups excluding carboxylic acids is 2. The molecule has 35 heavy (non-hydrogen) atoms. The predicted molar refractivity (Wildman–Crippen MR) is 127 cm³/mol. The van der Waals surface area contributed by atoms with Crippen LogP contribution in [0.3, 0.4) is 0 Å². The molecule has 0 saturated carbocycles. The molecule has 5 N–H and O–H groups in total. The van der Waals surface area contributed by atoms with Gasteiger partial charge < -0.3 is 35.4 Å². The molecule has 10 heteroatoms. The van der Waals surface area contributed by atoms with Crippen molar-refractivity contribution in [2.24, 2.45) is 0 Å². The maximum Gasteiger partial charge on any atom is 0.328 e. The van der Waals surface area contributed by atoms with Crippen molar-refractivity contribution in [1.82, 2.24) is 10.6 Å². The van der Waals surface area contributed by atoms with E-state index in [1.165, 1.54) is 26.4 Å². The van der Waals surface area contributed by atoms with Gasteiger partial charge in [-0.05, 0) is 54.3 Å². The summed E-state index contributed by atoms with van der Waals surface area (Å²) in [6.07, 6.45) is 0.212. The topological polar surface area (TPSA) is 154 Å². The van der Waals surface area contributed by atoms with E-state index in [4.69, 9.17) is 9.47 Å². The number of hydrogen-bond donors (Lipinski definition) is 5. The summed E-state index contributed by atoms with van der Waals surface area (Å²) >= 11 is 0. The fourth-order valence-corrected chi connectivity index (χ4v) is 3.55. The maximum absolute atomic E-state index is 12.9. The molecule has 0 saturated heterocycles. The monoisotopic (exact) mass is 488 g/mol. The van der Waals surface area contributed by atoms with Crippen LogP contribution >= 0.6 is 0 Å². The molecule has 2 rings (SSSR count). The smallest absolute Gasteiger partial charge is 0.328 e. The highest BCUT2D eigenvalue weighted by molar-refractivity contribution is 5.90. The number of carboxylic acids is 1. The summed E-state index contributed by atoms with van der Waals surface area (Å²) in [4.78, 5) is 36.5. The van der Waals surface area contributed by atoms with Crippen LogP contribution < -0.4 is 15.4 Å². The van der Waals surface area contributed by atoms with Gasteiger partial charge in [0.2, 0.25) is 5.91 Å². The van der Waals surface area contributed by atoms with Gasteiger partial charge in [-0.1, -0.05) is 25.1 Å². The lowest BCUT2D eigenvalue weighted by molar-refractivity contribution is -0.145. The van der Waals surface area contributed by atoms with Crippen LogP contribution in [0.4, 0.5) is 0 Å². The Kier molecular flexibility index (Phi) is 10.3. The molecule has 0 heterocycles. The summed E-state index contributed by atoms with van der Waals surface area (Å²) in [7, 11) is 2.66. The van der Waals surface area contributed by atoms with Crippen LogP contribution in [0.1, 0.15) is 36.8 Å². The second-order valence-corrected chi connectivity index (χ2v) is 8.18. The average molecular weight is 489 g/mol. The van der Waals surface area contributed by atoms with Gasteiger partial charge in [0.15, 0.2) is 11.5 Å². The third kappa shape index (κ3) is 8.49. The predicted octanol–water partition coefficient (Wildman–Crippen LogP) is 1.93. The van der Waals surface area contributed by atoms with E-state index in [1.807, 2.05) is 6.92 Å². The molecule has 0 unspecified atom stereocenters. The van der Waals surface area contributed by atoms with E-state index in [2.05, 4.69) is 10.6 Å². The zero-order valence-corrected chi connectivity index (χ0v) is 20.0. The minimum Gasteiger partial charge on any atom is -0.508 e. The van der Waals surface area contributed by atoms with Crippen LogP contribution in [0.5, 0.6) is 17.2 Å².